The van der Waals surface area contributed by atoms with E-state index in [1.54, 1.807) is 38.1 Å². The number of anilines is 1. The lowest BCUT2D eigenvalue weighted by Crippen LogP contribution is -2.42. The van der Waals surface area contributed by atoms with Crippen LogP contribution in [0.15, 0.2) is 24.3 Å². The summed E-state index contributed by atoms with van der Waals surface area (Å²) in [7, 11) is 3.24. The van der Waals surface area contributed by atoms with Gasteiger partial charge in [-0.15, -0.1) is 0 Å². The quantitative estimate of drug-likeness (QED) is 0.925. The fraction of sp³-hybridized carbons (Fsp3) is 0.467. The van der Waals surface area contributed by atoms with Crippen molar-refractivity contribution < 1.29 is 19.4 Å². The van der Waals surface area contributed by atoms with E-state index in [0.717, 1.165) is 0 Å². The highest BCUT2D eigenvalue weighted by molar-refractivity contribution is 5.92. The van der Waals surface area contributed by atoms with Crippen LogP contribution in [0.1, 0.15) is 13.3 Å². The van der Waals surface area contributed by atoms with Crippen molar-refractivity contribution in [3.8, 4) is 5.75 Å². The number of carbonyl (C=O) groups excluding carboxylic acids is 1. The predicted molar refractivity (Wildman–Crippen MR) is 78.7 cm³/mol. The first kappa shape index (κ1) is 15.2. The number of aliphatic carboxylic acids is 1. The predicted octanol–water partition coefficient (Wildman–Crippen LogP) is 2.05. The van der Waals surface area contributed by atoms with E-state index >= 15 is 0 Å². The summed E-state index contributed by atoms with van der Waals surface area (Å²) in [6.45, 7) is 2.36. The Hall–Kier alpha value is -2.24. The Morgan fingerprint density at radius 3 is 2.71 bits per heavy atom. The summed E-state index contributed by atoms with van der Waals surface area (Å²) in [5.41, 5.74) is -0.145. The van der Waals surface area contributed by atoms with E-state index in [1.165, 1.54) is 4.90 Å². The third-order valence-corrected chi connectivity index (χ3v) is 3.99. The maximum absolute atomic E-state index is 12.5. The Bertz CT molecular complexity index is 560. The molecule has 0 radical (unpaired) electrons. The van der Waals surface area contributed by atoms with E-state index in [4.69, 9.17) is 4.74 Å². The van der Waals surface area contributed by atoms with Gasteiger partial charge < -0.3 is 14.7 Å². The van der Waals surface area contributed by atoms with Gasteiger partial charge in [0.25, 0.3) is 0 Å². The van der Waals surface area contributed by atoms with Gasteiger partial charge in [0, 0.05) is 31.9 Å². The number of methoxy groups -OCH3 is 1. The molecular weight excluding hydrogens is 272 g/mol. The van der Waals surface area contributed by atoms with Crippen LogP contribution in [0.5, 0.6) is 5.75 Å². The van der Waals surface area contributed by atoms with E-state index in [1.807, 2.05) is 12.1 Å². The average molecular weight is 292 g/mol. The number of amides is 2. The molecule has 6 nitrogen and oxygen atoms in total. The van der Waals surface area contributed by atoms with Crippen molar-refractivity contribution in [2.75, 3.05) is 32.1 Å². The van der Waals surface area contributed by atoms with Crippen molar-refractivity contribution in [3.63, 3.8) is 0 Å². The standard InChI is InChI=1S/C15H20N2O4/c1-15(13(18)19)7-8-17(10-15)14(20)16(2)11-5-4-6-12(9-11)21-3/h4-6,9H,7-8,10H2,1-3H3,(H,18,19). The molecule has 1 aromatic rings. The molecule has 1 N–H and O–H groups in total. The molecule has 2 rings (SSSR count). The van der Waals surface area contributed by atoms with Crippen LogP contribution >= 0.6 is 0 Å². The normalized spacial score (nSPS) is 21.2. The number of likely N-dealkylation sites (tertiary alicyclic amines) is 1. The molecular formula is C15H20N2O4. The fourth-order valence-electron chi connectivity index (χ4n) is 2.44. The van der Waals surface area contributed by atoms with Gasteiger partial charge in [-0.1, -0.05) is 6.07 Å². The Labute approximate surface area is 123 Å². The van der Waals surface area contributed by atoms with Crippen LogP contribution in [0.25, 0.3) is 0 Å². The Morgan fingerprint density at radius 1 is 1.43 bits per heavy atom. The monoisotopic (exact) mass is 292 g/mol. The second kappa shape index (κ2) is 5.63. The highest BCUT2D eigenvalue weighted by Crippen LogP contribution is 2.31. The lowest BCUT2D eigenvalue weighted by atomic mass is 9.90. The van der Waals surface area contributed by atoms with Gasteiger partial charge in [-0.3, -0.25) is 9.69 Å². The molecule has 21 heavy (non-hydrogen) atoms. The molecule has 1 atom stereocenters. The summed E-state index contributed by atoms with van der Waals surface area (Å²) in [5.74, 6) is -0.189. The first-order valence-corrected chi connectivity index (χ1v) is 6.77. The first-order valence-electron chi connectivity index (χ1n) is 6.77. The molecule has 0 bridgehead atoms. The third-order valence-electron chi connectivity index (χ3n) is 3.99. The number of hydrogen-bond acceptors (Lipinski definition) is 3. The van der Waals surface area contributed by atoms with Crippen LogP contribution in [0.3, 0.4) is 0 Å². The van der Waals surface area contributed by atoms with Crippen molar-refractivity contribution in [1.29, 1.82) is 0 Å². The van der Waals surface area contributed by atoms with Crippen LogP contribution in [0.4, 0.5) is 10.5 Å². The smallest absolute Gasteiger partial charge is 0.324 e. The third kappa shape index (κ3) is 2.94. The zero-order chi connectivity index (χ0) is 15.6. The van der Waals surface area contributed by atoms with Gasteiger partial charge in [0.1, 0.15) is 5.75 Å². The average Bonchev–Trinajstić information content (AvgIpc) is 2.89. The summed E-state index contributed by atoms with van der Waals surface area (Å²) in [6, 6.07) is 6.99. The van der Waals surface area contributed by atoms with Crippen LogP contribution in [-0.2, 0) is 4.79 Å². The van der Waals surface area contributed by atoms with Gasteiger partial charge in [-0.05, 0) is 25.5 Å². The minimum atomic E-state index is -0.859. The second-order valence-electron chi connectivity index (χ2n) is 5.58. The first-order chi connectivity index (χ1) is 9.87. The SMILES string of the molecule is COc1cccc(N(C)C(=O)N2CCC(C)(C(=O)O)C2)c1. The topological polar surface area (TPSA) is 70.1 Å². The highest BCUT2D eigenvalue weighted by Gasteiger charge is 2.42. The number of carbonyl (C=O) groups is 2. The molecule has 0 saturated carbocycles. The van der Waals surface area contributed by atoms with E-state index in [-0.39, 0.29) is 12.6 Å². The number of ether oxygens (including phenoxy) is 1. The van der Waals surface area contributed by atoms with Crippen molar-refractivity contribution in [2.24, 2.45) is 5.41 Å². The molecule has 0 spiro atoms. The molecule has 2 amide bonds. The Balaban J connectivity index is 2.11. The molecule has 1 unspecified atom stereocenters. The second-order valence-corrected chi connectivity index (χ2v) is 5.58. The molecule has 6 heteroatoms. The van der Waals surface area contributed by atoms with E-state index in [2.05, 4.69) is 0 Å². The number of nitrogens with zero attached hydrogens (tertiary/aromatic N) is 2. The van der Waals surface area contributed by atoms with Crippen molar-refractivity contribution in [1.82, 2.24) is 4.90 Å². The number of hydrogen-bond donors (Lipinski definition) is 1. The van der Waals surface area contributed by atoms with E-state index in [0.29, 0.717) is 24.4 Å². The summed E-state index contributed by atoms with van der Waals surface area (Å²) >= 11 is 0. The number of carboxylic acids is 1. The maximum atomic E-state index is 12.5. The van der Waals surface area contributed by atoms with E-state index in [9.17, 15) is 14.7 Å². The molecule has 1 aliphatic rings. The van der Waals surface area contributed by atoms with Gasteiger partial charge in [-0.2, -0.15) is 0 Å². The van der Waals surface area contributed by atoms with Crippen molar-refractivity contribution in [2.45, 2.75) is 13.3 Å². The molecule has 1 saturated heterocycles. The number of rotatable bonds is 3. The van der Waals surface area contributed by atoms with Crippen LogP contribution in [0, 0.1) is 5.41 Å². The zero-order valence-corrected chi connectivity index (χ0v) is 12.5. The van der Waals surface area contributed by atoms with Gasteiger partial charge in [0.15, 0.2) is 0 Å². The lowest BCUT2D eigenvalue weighted by Gasteiger charge is -2.26. The van der Waals surface area contributed by atoms with E-state index < -0.39 is 11.4 Å². The molecule has 1 aromatic carbocycles. The Morgan fingerprint density at radius 2 is 2.14 bits per heavy atom. The maximum Gasteiger partial charge on any atom is 0.324 e. The van der Waals surface area contributed by atoms with Crippen molar-refractivity contribution >= 4 is 17.7 Å². The minimum Gasteiger partial charge on any atom is -0.497 e. The molecule has 0 aliphatic carbocycles. The van der Waals surface area contributed by atoms with Gasteiger partial charge >= 0.3 is 12.0 Å². The zero-order valence-electron chi connectivity index (χ0n) is 12.5. The van der Waals surface area contributed by atoms with Crippen molar-refractivity contribution in [3.05, 3.63) is 24.3 Å². The molecule has 0 aromatic heterocycles. The molecule has 1 fully saturated rings. The molecule has 1 aliphatic heterocycles. The summed E-state index contributed by atoms with van der Waals surface area (Å²) in [4.78, 5) is 26.8. The lowest BCUT2D eigenvalue weighted by molar-refractivity contribution is -0.146. The Kier molecular flexibility index (Phi) is 4.06. The summed E-state index contributed by atoms with van der Waals surface area (Å²) in [6.07, 6.45) is 0.472. The van der Waals surface area contributed by atoms with Gasteiger partial charge in [0.2, 0.25) is 0 Å². The highest BCUT2D eigenvalue weighted by atomic mass is 16.5. The summed E-state index contributed by atoms with van der Waals surface area (Å²) < 4.78 is 5.15. The number of urea groups is 1. The minimum absolute atomic E-state index is 0.201. The van der Waals surface area contributed by atoms with Crippen LogP contribution < -0.4 is 9.64 Å². The van der Waals surface area contributed by atoms with Crippen LogP contribution in [-0.4, -0.2) is 49.3 Å². The molecule has 1 heterocycles. The number of benzene rings is 1. The fourth-order valence-corrected chi connectivity index (χ4v) is 2.44. The summed E-state index contributed by atoms with van der Waals surface area (Å²) in [5, 5.41) is 9.23. The number of carboxylic acid groups (broad SMARTS) is 1. The van der Waals surface area contributed by atoms with Gasteiger partial charge in [0.05, 0.1) is 12.5 Å². The van der Waals surface area contributed by atoms with Crippen LogP contribution in [0.2, 0.25) is 0 Å². The largest absolute Gasteiger partial charge is 0.497 e. The van der Waals surface area contributed by atoms with Gasteiger partial charge in [-0.25, -0.2) is 4.79 Å². The molecule has 114 valence electrons.